The molecule has 7 heteroatoms. The number of halogens is 3. The summed E-state index contributed by atoms with van der Waals surface area (Å²) in [6, 6.07) is 0. The van der Waals surface area contributed by atoms with E-state index in [1.54, 1.807) is 0 Å². The van der Waals surface area contributed by atoms with Gasteiger partial charge in [0.15, 0.2) is 0 Å². The smallest absolute Gasteiger partial charge is 0.378 e. The Morgan fingerprint density at radius 2 is 2.10 bits per heavy atom. The minimum atomic E-state index is -4.42. The number of carbonyl (C=O) groups excluding carboxylic acids is 1. The first-order chi connectivity index (χ1) is 9.06. The number of nitrogens with one attached hydrogen (secondary N) is 1. The number of hydrogen-bond donors (Lipinski definition) is 1. The lowest BCUT2D eigenvalue weighted by Crippen LogP contribution is -2.52. The maximum Gasteiger partial charge on any atom is 0.405 e. The van der Waals surface area contributed by atoms with Crippen LogP contribution in [-0.4, -0.2) is 29.9 Å². The standard InChI is InChI=1S/C13H19F3N2O2/c1-11(2,3)9-8-5-4-6-12(8,20-18-9)10(19)17-7-13(14,15)16/h8H,4-7H2,1-3H3,(H,17,19). The van der Waals surface area contributed by atoms with E-state index in [1.165, 1.54) is 0 Å². The number of rotatable bonds is 2. The maximum absolute atomic E-state index is 12.2. The van der Waals surface area contributed by atoms with Gasteiger partial charge in [0.1, 0.15) is 6.54 Å². The van der Waals surface area contributed by atoms with Crippen molar-refractivity contribution in [3.05, 3.63) is 0 Å². The third kappa shape index (κ3) is 2.62. The molecule has 1 N–H and O–H groups in total. The van der Waals surface area contributed by atoms with Gasteiger partial charge in [-0.1, -0.05) is 25.9 Å². The van der Waals surface area contributed by atoms with Crippen molar-refractivity contribution in [2.24, 2.45) is 16.5 Å². The van der Waals surface area contributed by atoms with Crippen LogP contribution in [0.2, 0.25) is 0 Å². The first-order valence-electron chi connectivity index (χ1n) is 6.68. The Morgan fingerprint density at radius 1 is 1.45 bits per heavy atom. The fraction of sp³-hybridized carbons (Fsp3) is 0.846. The van der Waals surface area contributed by atoms with Gasteiger partial charge in [0.2, 0.25) is 5.60 Å². The summed E-state index contributed by atoms with van der Waals surface area (Å²) in [6.07, 6.45) is -2.55. The maximum atomic E-state index is 12.2. The molecule has 1 aliphatic heterocycles. The zero-order valence-corrected chi connectivity index (χ0v) is 11.8. The molecule has 114 valence electrons. The highest BCUT2D eigenvalue weighted by Crippen LogP contribution is 2.47. The molecule has 2 unspecified atom stereocenters. The summed E-state index contributed by atoms with van der Waals surface area (Å²) < 4.78 is 36.7. The Hall–Kier alpha value is -1.27. The summed E-state index contributed by atoms with van der Waals surface area (Å²) in [5.74, 6) is -0.934. The van der Waals surface area contributed by atoms with E-state index < -0.39 is 24.2 Å². The first-order valence-corrected chi connectivity index (χ1v) is 6.68. The van der Waals surface area contributed by atoms with Crippen LogP contribution in [0, 0.1) is 11.3 Å². The van der Waals surface area contributed by atoms with Gasteiger partial charge in [-0.25, -0.2) is 0 Å². The third-order valence-corrected chi connectivity index (χ3v) is 3.84. The predicted octanol–water partition coefficient (Wildman–Crippen LogP) is 2.64. The molecule has 1 amide bonds. The zero-order valence-electron chi connectivity index (χ0n) is 11.8. The third-order valence-electron chi connectivity index (χ3n) is 3.84. The van der Waals surface area contributed by atoms with Crippen molar-refractivity contribution in [2.75, 3.05) is 6.54 Å². The van der Waals surface area contributed by atoms with E-state index in [2.05, 4.69) is 5.16 Å². The van der Waals surface area contributed by atoms with Crippen LogP contribution in [0.5, 0.6) is 0 Å². The average molecular weight is 292 g/mol. The molecule has 1 aliphatic carbocycles. The number of carbonyl (C=O) groups is 1. The number of alkyl halides is 3. The lowest BCUT2D eigenvalue weighted by atomic mass is 9.76. The van der Waals surface area contributed by atoms with Crippen molar-refractivity contribution in [3.8, 4) is 0 Å². The molecule has 2 aliphatic rings. The summed E-state index contributed by atoms with van der Waals surface area (Å²) in [6.45, 7) is 4.53. The summed E-state index contributed by atoms with van der Waals surface area (Å²) in [4.78, 5) is 17.5. The molecule has 1 fully saturated rings. The second-order valence-corrected chi connectivity index (χ2v) is 6.45. The number of oxime groups is 1. The molecule has 0 aromatic carbocycles. The molecule has 0 radical (unpaired) electrons. The summed E-state index contributed by atoms with van der Waals surface area (Å²) in [5.41, 5.74) is -0.744. The fourth-order valence-corrected chi connectivity index (χ4v) is 2.94. The van der Waals surface area contributed by atoms with Crippen LogP contribution in [0.15, 0.2) is 5.16 Å². The molecule has 1 saturated carbocycles. The van der Waals surface area contributed by atoms with Crippen molar-refractivity contribution in [2.45, 2.75) is 51.8 Å². The van der Waals surface area contributed by atoms with E-state index in [0.29, 0.717) is 6.42 Å². The van der Waals surface area contributed by atoms with Crippen LogP contribution in [0.3, 0.4) is 0 Å². The topological polar surface area (TPSA) is 50.7 Å². The van der Waals surface area contributed by atoms with E-state index in [1.807, 2.05) is 26.1 Å². The predicted molar refractivity (Wildman–Crippen MR) is 67.1 cm³/mol. The lowest BCUT2D eigenvalue weighted by Gasteiger charge is -2.28. The van der Waals surface area contributed by atoms with Crippen molar-refractivity contribution >= 4 is 11.6 Å². The van der Waals surface area contributed by atoms with Gasteiger partial charge in [-0.3, -0.25) is 4.79 Å². The normalized spacial score (nSPS) is 29.7. The molecular weight excluding hydrogens is 273 g/mol. The molecule has 0 aromatic rings. The largest absolute Gasteiger partial charge is 0.405 e. The molecule has 0 spiro atoms. The molecule has 1 heterocycles. The number of amides is 1. The number of hydrogen-bond acceptors (Lipinski definition) is 3. The summed E-state index contributed by atoms with van der Waals surface area (Å²) in [7, 11) is 0. The van der Waals surface area contributed by atoms with Gasteiger partial charge in [-0.2, -0.15) is 13.2 Å². The molecule has 2 rings (SSSR count). The molecule has 4 nitrogen and oxygen atoms in total. The van der Waals surface area contributed by atoms with Gasteiger partial charge in [0.05, 0.1) is 11.6 Å². The Bertz CT molecular complexity index is 440. The minimum Gasteiger partial charge on any atom is -0.378 e. The molecule has 0 aromatic heterocycles. The van der Waals surface area contributed by atoms with E-state index in [-0.39, 0.29) is 11.3 Å². The second-order valence-electron chi connectivity index (χ2n) is 6.45. The van der Waals surface area contributed by atoms with Crippen molar-refractivity contribution in [1.29, 1.82) is 0 Å². The number of nitrogens with zero attached hydrogens (tertiary/aromatic N) is 1. The minimum absolute atomic E-state index is 0.226. The van der Waals surface area contributed by atoms with E-state index >= 15 is 0 Å². The Morgan fingerprint density at radius 3 is 2.65 bits per heavy atom. The Labute approximate surface area is 115 Å². The van der Waals surface area contributed by atoms with Crippen molar-refractivity contribution < 1.29 is 22.8 Å². The highest BCUT2D eigenvalue weighted by molar-refractivity contribution is 6.00. The average Bonchev–Trinajstić information content (AvgIpc) is 2.81. The van der Waals surface area contributed by atoms with E-state index in [4.69, 9.17) is 4.84 Å². The second kappa shape index (κ2) is 4.63. The van der Waals surface area contributed by atoms with Crippen molar-refractivity contribution in [1.82, 2.24) is 5.32 Å². The van der Waals surface area contributed by atoms with Crippen LogP contribution in [-0.2, 0) is 9.63 Å². The zero-order chi connectivity index (χ0) is 15.2. The highest BCUT2D eigenvalue weighted by atomic mass is 19.4. The molecule has 0 saturated heterocycles. The number of fused-ring (bicyclic) bond motifs is 1. The molecule has 20 heavy (non-hydrogen) atoms. The lowest BCUT2D eigenvalue weighted by molar-refractivity contribution is -0.155. The highest BCUT2D eigenvalue weighted by Gasteiger charge is 2.59. The van der Waals surface area contributed by atoms with Gasteiger partial charge in [0, 0.05) is 5.41 Å². The molecule has 0 bridgehead atoms. The molecular formula is C13H19F3N2O2. The van der Waals surface area contributed by atoms with Crippen LogP contribution < -0.4 is 5.32 Å². The van der Waals surface area contributed by atoms with Crippen LogP contribution >= 0.6 is 0 Å². The van der Waals surface area contributed by atoms with E-state index in [0.717, 1.165) is 18.6 Å². The molecule has 2 atom stereocenters. The van der Waals surface area contributed by atoms with Gasteiger partial charge in [0.25, 0.3) is 5.91 Å². The van der Waals surface area contributed by atoms with Gasteiger partial charge in [-0.05, 0) is 19.3 Å². The SMILES string of the molecule is CC(C)(C)C1=NOC2(C(=O)NCC(F)(F)F)CCCC12. The van der Waals surface area contributed by atoms with E-state index in [9.17, 15) is 18.0 Å². The first kappa shape index (κ1) is 15.1. The quantitative estimate of drug-likeness (QED) is 0.850. The Kier molecular flexibility index (Phi) is 3.50. The van der Waals surface area contributed by atoms with Crippen LogP contribution in [0.4, 0.5) is 13.2 Å². The summed E-state index contributed by atoms with van der Waals surface area (Å²) >= 11 is 0. The van der Waals surface area contributed by atoms with Gasteiger partial charge < -0.3 is 10.2 Å². The summed E-state index contributed by atoms with van der Waals surface area (Å²) in [5, 5.41) is 5.94. The van der Waals surface area contributed by atoms with Crippen molar-refractivity contribution in [3.63, 3.8) is 0 Å². The monoisotopic (exact) mass is 292 g/mol. The van der Waals surface area contributed by atoms with Crippen LogP contribution in [0.25, 0.3) is 0 Å². The van der Waals surface area contributed by atoms with Gasteiger partial charge in [-0.15, -0.1) is 0 Å². The Balaban J connectivity index is 2.14. The van der Waals surface area contributed by atoms with Gasteiger partial charge >= 0.3 is 6.18 Å². The fourth-order valence-electron chi connectivity index (χ4n) is 2.94. The van der Waals surface area contributed by atoms with Crippen LogP contribution in [0.1, 0.15) is 40.0 Å².